The number of fused-ring (bicyclic) bond motifs is 1. The number of carbonyl (C=O) groups is 2. The lowest BCUT2D eigenvalue weighted by molar-refractivity contribution is -0.124. The number of nitrogens with one attached hydrogen (secondary N) is 3. The van der Waals surface area contributed by atoms with E-state index in [9.17, 15) is 9.59 Å². The van der Waals surface area contributed by atoms with E-state index >= 15 is 0 Å². The molecule has 2 aliphatic rings. The number of anilines is 2. The molecule has 0 atom stereocenters. The Morgan fingerprint density at radius 2 is 2.06 bits per heavy atom. The van der Waals surface area contributed by atoms with Crippen molar-refractivity contribution in [3.05, 3.63) is 65.9 Å². The zero-order chi connectivity index (χ0) is 23.1. The highest BCUT2D eigenvalue weighted by molar-refractivity contribution is 6.15. The van der Waals surface area contributed by atoms with Gasteiger partial charge < -0.3 is 15.2 Å². The van der Waals surface area contributed by atoms with Crippen LogP contribution in [-0.2, 0) is 16.1 Å². The molecule has 0 radical (unpaired) electrons. The van der Waals surface area contributed by atoms with E-state index in [0.29, 0.717) is 41.3 Å². The van der Waals surface area contributed by atoms with E-state index in [1.807, 2.05) is 35.0 Å². The average Bonchev–Trinajstić information content (AvgIpc) is 3.20. The first kappa shape index (κ1) is 20.1. The minimum Gasteiger partial charge on any atom is -0.351 e. The molecular weight excluding hydrogens is 434 g/mol. The summed E-state index contributed by atoms with van der Waals surface area (Å²) < 4.78 is 3.58. The summed E-state index contributed by atoms with van der Waals surface area (Å²) >= 11 is 0. The number of benzene rings is 1. The van der Waals surface area contributed by atoms with E-state index in [2.05, 4.69) is 36.0 Å². The number of hydrogen-bond acceptors (Lipinski definition) is 8. The van der Waals surface area contributed by atoms with Crippen molar-refractivity contribution in [1.29, 1.82) is 0 Å². The maximum atomic E-state index is 12.0. The van der Waals surface area contributed by atoms with Gasteiger partial charge in [-0.3, -0.25) is 14.9 Å². The number of aromatic nitrogens is 6. The van der Waals surface area contributed by atoms with Gasteiger partial charge in [0.1, 0.15) is 0 Å². The number of carbonyl (C=O) groups excluding carboxylic acids is 2. The zero-order valence-corrected chi connectivity index (χ0v) is 18.1. The standard InChI is InChI=1S/C23H21N9O2/c33-19-10-15(21(34)28-19)9-16-12-26-32-20(16)29-22(30-23(32)27-17-5-6-17)25-11-14-3-1-2-4-18(14)31-8-7-24-13-31/h1-4,7-9,12-13,17H,5-6,10-11H2,(H,28,33,34)(H2,25,27,29,30)/b15-9+. The molecule has 1 aliphatic heterocycles. The number of nitrogens with zero attached hydrogens (tertiary/aromatic N) is 6. The number of amides is 2. The highest BCUT2D eigenvalue weighted by Crippen LogP contribution is 2.26. The molecular formula is C23H21N9O2. The van der Waals surface area contributed by atoms with Gasteiger partial charge in [-0.05, 0) is 30.5 Å². The van der Waals surface area contributed by atoms with Gasteiger partial charge in [0.15, 0.2) is 5.65 Å². The van der Waals surface area contributed by atoms with Crippen molar-refractivity contribution in [1.82, 2.24) is 34.4 Å². The number of imidazole rings is 1. The molecule has 4 heterocycles. The first-order chi connectivity index (χ1) is 16.6. The highest BCUT2D eigenvalue weighted by Gasteiger charge is 2.26. The number of imide groups is 1. The predicted octanol–water partition coefficient (Wildman–Crippen LogP) is 1.93. The fourth-order valence-electron chi connectivity index (χ4n) is 3.88. The van der Waals surface area contributed by atoms with Gasteiger partial charge in [-0.1, -0.05) is 18.2 Å². The summed E-state index contributed by atoms with van der Waals surface area (Å²) in [6.45, 7) is 0.495. The molecule has 3 N–H and O–H groups in total. The van der Waals surface area contributed by atoms with Crippen LogP contribution in [0.4, 0.5) is 11.9 Å². The van der Waals surface area contributed by atoms with Crippen LogP contribution >= 0.6 is 0 Å². The van der Waals surface area contributed by atoms with E-state index in [1.54, 1.807) is 29.3 Å². The molecule has 1 saturated heterocycles. The fraction of sp³-hybridized carbons (Fsp3) is 0.217. The highest BCUT2D eigenvalue weighted by atomic mass is 16.2. The van der Waals surface area contributed by atoms with Gasteiger partial charge in [-0.15, -0.1) is 0 Å². The second kappa shape index (κ2) is 8.10. The maximum absolute atomic E-state index is 12.0. The van der Waals surface area contributed by atoms with Crippen molar-refractivity contribution >= 4 is 35.4 Å². The summed E-state index contributed by atoms with van der Waals surface area (Å²) in [5.41, 5.74) is 3.64. The van der Waals surface area contributed by atoms with E-state index in [4.69, 9.17) is 0 Å². The van der Waals surface area contributed by atoms with Gasteiger partial charge in [-0.25, -0.2) is 4.98 Å². The van der Waals surface area contributed by atoms with Crippen LogP contribution in [0.15, 0.2) is 54.8 Å². The molecule has 11 heteroatoms. The minimum absolute atomic E-state index is 0.0462. The first-order valence-corrected chi connectivity index (χ1v) is 11.0. The molecule has 0 bridgehead atoms. The van der Waals surface area contributed by atoms with Crippen LogP contribution in [0.1, 0.15) is 30.4 Å². The maximum Gasteiger partial charge on any atom is 0.254 e. The SMILES string of the molecule is O=C1C/C(=C\c2cnn3c(NC4CC4)nc(NCc4ccccc4-n4ccnc4)nc23)C(=O)N1. The van der Waals surface area contributed by atoms with E-state index in [-0.39, 0.29) is 18.2 Å². The topological polar surface area (TPSA) is 131 Å². The van der Waals surface area contributed by atoms with E-state index in [1.165, 1.54) is 0 Å². The average molecular weight is 455 g/mol. The third-order valence-corrected chi connectivity index (χ3v) is 5.74. The van der Waals surface area contributed by atoms with Crippen molar-refractivity contribution in [3.63, 3.8) is 0 Å². The van der Waals surface area contributed by atoms with Crippen LogP contribution in [0.2, 0.25) is 0 Å². The second-order valence-corrected chi connectivity index (χ2v) is 8.30. The monoisotopic (exact) mass is 455 g/mol. The number of para-hydroxylation sites is 1. The molecule has 1 aliphatic carbocycles. The van der Waals surface area contributed by atoms with Gasteiger partial charge in [-0.2, -0.15) is 19.6 Å². The second-order valence-electron chi connectivity index (χ2n) is 8.30. The lowest BCUT2D eigenvalue weighted by Gasteiger charge is -2.13. The molecule has 170 valence electrons. The zero-order valence-electron chi connectivity index (χ0n) is 18.1. The molecule has 1 aromatic carbocycles. The molecule has 0 spiro atoms. The summed E-state index contributed by atoms with van der Waals surface area (Å²) in [6, 6.07) is 8.38. The minimum atomic E-state index is -0.385. The Hall–Kier alpha value is -4.54. The Bertz CT molecular complexity index is 1430. The molecule has 3 aromatic heterocycles. The van der Waals surface area contributed by atoms with E-state index < -0.39 is 0 Å². The van der Waals surface area contributed by atoms with Gasteiger partial charge in [0, 0.05) is 36.1 Å². The molecule has 0 unspecified atom stereocenters. The number of rotatable bonds is 7. The third kappa shape index (κ3) is 3.87. The van der Waals surface area contributed by atoms with Crippen LogP contribution in [0.5, 0.6) is 0 Å². The first-order valence-electron chi connectivity index (χ1n) is 11.0. The van der Waals surface area contributed by atoms with Crippen molar-refractivity contribution in [2.24, 2.45) is 0 Å². The normalized spacial score (nSPS) is 16.9. The molecule has 11 nitrogen and oxygen atoms in total. The summed E-state index contributed by atoms with van der Waals surface area (Å²) in [5.74, 6) is 0.319. The Labute approximate surface area is 193 Å². The Balaban J connectivity index is 1.34. The van der Waals surface area contributed by atoms with Crippen molar-refractivity contribution in [2.45, 2.75) is 31.8 Å². The lowest BCUT2D eigenvalue weighted by atomic mass is 10.1. The van der Waals surface area contributed by atoms with Crippen LogP contribution < -0.4 is 16.0 Å². The summed E-state index contributed by atoms with van der Waals surface area (Å²) in [6.07, 6.45) is 10.9. The quantitative estimate of drug-likeness (QED) is 0.285. The third-order valence-electron chi connectivity index (χ3n) is 5.74. The summed E-state index contributed by atoms with van der Waals surface area (Å²) in [4.78, 5) is 37.1. The van der Waals surface area contributed by atoms with Crippen LogP contribution in [0.3, 0.4) is 0 Å². The Morgan fingerprint density at radius 1 is 1.18 bits per heavy atom. The largest absolute Gasteiger partial charge is 0.351 e. The van der Waals surface area contributed by atoms with Gasteiger partial charge in [0.2, 0.25) is 17.8 Å². The van der Waals surface area contributed by atoms with Crippen LogP contribution in [-0.4, -0.2) is 47.0 Å². The molecule has 34 heavy (non-hydrogen) atoms. The van der Waals surface area contributed by atoms with E-state index in [0.717, 1.165) is 24.1 Å². The van der Waals surface area contributed by atoms with Gasteiger partial charge in [0.05, 0.1) is 24.6 Å². The fourth-order valence-corrected chi connectivity index (χ4v) is 3.88. The van der Waals surface area contributed by atoms with Gasteiger partial charge >= 0.3 is 0 Å². The molecule has 2 fully saturated rings. The Kier molecular flexibility index (Phi) is 4.79. The lowest BCUT2D eigenvalue weighted by Crippen LogP contribution is -2.19. The smallest absolute Gasteiger partial charge is 0.254 e. The van der Waals surface area contributed by atoms with Crippen molar-refractivity contribution in [2.75, 3.05) is 10.6 Å². The molecule has 6 rings (SSSR count). The van der Waals surface area contributed by atoms with Gasteiger partial charge in [0.25, 0.3) is 5.91 Å². The molecule has 4 aromatic rings. The summed E-state index contributed by atoms with van der Waals surface area (Å²) in [5, 5.41) is 13.4. The van der Waals surface area contributed by atoms with Crippen molar-refractivity contribution < 1.29 is 9.59 Å². The predicted molar refractivity (Wildman–Crippen MR) is 124 cm³/mol. The summed E-state index contributed by atoms with van der Waals surface area (Å²) in [7, 11) is 0. The van der Waals surface area contributed by atoms with Crippen LogP contribution in [0, 0.1) is 0 Å². The molecule has 2 amide bonds. The number of hydrogen-bond donors (Lipinski definition) is 3. The van der Waals surface area contributed by atoms with Crippen LogP contribution in [0.25, 0.3) is 17.4 Å². The van der Waals surface area contributed by atoms with Crippen molar-refractivity contribution in [3.8, 4) is 5.69 Å². The molecule has 1 saturated carbocycles. The Morgan fingerprint density at radius 3 is 2.82 bits per heavy atom.